The van der Waals surface area contributed by atoms with Crippen LogP contribution in [0.5, 0.6) is 0 Å². The number of nitrogens with one attached hydrogen (secondary N) is 1. The van der Waals surface area contributed by atoms with Gasteiger partial charge in [-0.3, -0.25) is 0 Å². The van der Waals surface area contributed by atoms with Gasteiger partial charge in [0, 0.05) is 22.5 Å². The van der Waals surface area contributed by atoms with Gasteiger partial charge in [-0.2, -0.15) is 13.2 Å². The van der Waals surface area contributed by atoms with Crippen LogP contribution in [0.3, 0.4) is 0 Å². The van der Waals surface area contributed by atoms with Gasteiger partial charge in [0.05, 0.1) is 5.03 Å². The van der Waals surface area contributed by atoms with Crippen molar-refractivity contribution >= 4 is 23.4 Å². The largest absolute Gasteiger partial charge is 0.447 e. The van der Waals surface area contributed by atoms with E-state index in [0.29, 0.717) is 10.7 Å². The molecule has 0 saturated heterocycles. The Morgan fingerprint density at radius 2 is 1.65 bits per heavy atom. The van der Waals surface area contributed by atoms with E-state index in [-0.39, 0.29) is 16.8 Å². The molecule has 0 bridgehead atoms. The van der Waals surface area contributed by atoms with E-state index >= 15 is 0 Å². The van der Waals surface area contributed by atoms with Crippen molar-refractivity contribution in [2.45, 2.75) is 10.5 Å². The Bertz CT molecular complexity index is 504. The molecule has 0 spiro atoms. The zero-order valence-electron chi connectivity index (χ0n) is 8.38. The van der Waals surface area contributed by atoms with Gasteiger partial charge in [0.25, 0.3) is 0 Å². The molecule has 1 aromatic carbocycles. The molecule has 0 atom stereocenters. The second-order valence-electron chi connectivity index (χ2n) is 3.29. The summed E-state index contributed by atoms with van der Waals surface area (Å²) in [5.41, 5.74) is -2.85. The first kappa shape index (κ1) is 12.4. The number of H-pyrrole nitrogens is 1. The van der Waals surface area contributed by atoms with Crippen LogP contribution >= 0.6 is 23.4 Å². The van der Waals surface area contributed by atoms with Gasteiger partial charge in [-0.25, -0.2) is 0 Å². The fourth-order valence-electron chi connectivity index (χ4n) is 1.36. The Balaban J connectivity index is 2.21. The van der Waals surface area contributed by atoms with Gasteiger partial charge in [0.15, 0.2) is 0 Å². The maximum Gasteiger partial charge on any atom is 0.447 e. The number of hydrogen-bond acceptors (Lipinski definition) is 1. The smallest absolute Gasteiger partial charge is 0.349 e. The van der Waals surface area contributed by atoms with Crippen LogP contribution in [-0.2, 0) is 0 Å². The van der Waals surface area contributed by atoms with E-state index in [0.717, 1.165) is 5.56 Å². The average molecular weight is 278 g/mol. The van der Waals surface area contributed by atoms with Gasteiger partial charge in [-0.15, -0.1) is 0 Å². The highest BCUT2D eigenvalue weighted by Gasteiger charge is 2.29. The highest BCUT2D eigenvalue weighted by Crippen LogP contribution is 2.37. The molecule has 2 rings (SSSR count). The van der Waals surface area contributed by atoms with Crippen LogP contribution in [0.2, 0.25) is 5.02 Å². The minimum atomic E-state index is -4.28. The number of rotatable bonds is 2. The van der Waals surface area contributed by atoms with Crippen molar-refractivity contribution in [2.24, 2.45) is 0 Å². The van der Waals surface area contributed by atoms with Gasteiger partial charge < -0.3 is 4.98 Å². The number of aromatic amines is 1. The number of alkyl halides is 3. The molecule has 1 N–H and O–H groups in total. The topological polar surface area (TPSA) is 15.8 Å². The Labute approximate surface area is 105 Å². The lowest BCUT2D eigenvalue weighted by Crippen LogP contribution is -1.98. The van der Waals surface area contributed by atoms with E-state index in [1.165, 1.54) is 6.07 Å². The zero-order chi connectivity index (χ0) is 12.5. The first-order valence-corrected chi connectivity index (χ1v) is 5.84. The van der Waals surface area contributed by atoms with Gasteiger partial charge in [-0.1, -0.05) is 23.7 Å². The standard InChI is InChI=1S/C11H7ClF3NS/c12-8-3-1-7(2-4-8)9-5-6-10(16-9)17-11(13,14)15/h1-6,16H. The summed E-state index contributed by atoms with van der Waals surface area (Å²) in [6.45, 7) is 0. The van der Waals surface area contributed by atoms with E-state index in [2.05, 4.69) is 4.98 Å². The zero-order valence-corrected chi connectivity index (χ0v) is 9.96. The summed E-state index contributed by atoms with van der Waals surface area (Å²) in [5, 5.41) is 0.660. The van der Waals surface area contributed by atoms with E-state index in [1.54, 1.807) is 30.3 Å². The molecule has 0 saturated carbocycles. The summed E-state index contributed by atoms with van der Waals surface area (Å²) in [6.07, 6.45) is 0. The molecule has 2 aromatic rings. The van der Waals surface area contributed by atoms with Crippen LogP contribution < -0.4 is 0 Å². The van der Waals surface area contributed by atoms with Crippen molar-refractivity contribution in [2.75, 3.05) is 0 Å². The summed E-state index contributed by atoms with van der Waals surface area (Å²) >= 11 is 5.57. The number of aromatic nitrogens is 1. The average Bonchev–Trinajstić information content (AvgIpc) is 2.64. The SMILES string of the molecule is FC(F)(F)Sc1ccc(-c2ccc(Cl)cc2)[nH]1. The fraction of sp³-hybridized carbons (Fsp3) is 0.0909. The normalized spacial score (nSPS) is 11.8. The third-order valence-corrected chi connectivity index (χ3v) is 2.98. The van der Waals surface area contributed by atoms with E-state index in [4.69, 9.17) is 11.6 Å². The molecule has 0 radical (unpaired) electrons. The van der Waals surface area contributed by atoms with Crippen molar-refractivity contribution < 1.29 is 13.2 Å². The Hall–Kier alpha value is -1.07. The van der Waals surface area contributed by atoms with Crippen LogP contribution in [0, 0.1) is 0 Å². The first-order valence-electron chi connectivity index (χ1n) is 4.65. The Kier molecular flexibility index (Phi) is 3.40. The molecular weight excluding hydrogens is 271 g/mol. The Morgan fingerprint density at radius 1 is 1.00 bits per heavy atom. The number of hydrogen-bond donors (Lipinski definition) is 1. The number of benzene rings is 1. The molecule has 1 aromatic heterocycles. The van der Waals surface area contributed by atoms with E-state index in [1.807, 2.05) is 0 Å². The van der Waals surface area contributed by atoms with Gasteiger partial charge >= 0.3 is 5.51 Å². The van der Waals surface area contributed by atoms with Crippen molar-refractivity contribution in [3.05, 3.63) is 41.4 Å². The van der Waals surface area contributed by atoms with Crippen molar-refractivity contribution in [3.8, 4) is 11.3 Å². The maximum absolute atomic E-state index is 12.1. The number of halogens is 4. The molecule has 17 heavy (non-hydrogen) atoms. The van der Waals surface area contributed by atoms with Crippen LogP contribution in [0.1, 0.15) is 0 Å². The van der Waals surface area contributed by atoms with Crippen LogP contribution in [-0.4, -0.2) is 10.5 Å². The van der Waals surface area contributed by atoms with Crippen LogP contribution in [0.4, 0.5) is 13.2 Å². The molecule has 1 nitrogen and oxygen atoms in total. The highest BCUT2D eigenvalue weighted by molar-refractivity contribution is 8.00. The molecular formula is C11H7ClF3NS. The molecule has 6 heteroatoms. The fourth-order valence-corrected chi connectivity index (χ4v) is 2.03. The second kappa shape index (κ2) is 4.66. The molecule has 0 fully saturated rings. The van der Waals surface area contributed by atoms with Gasteiger partial charge in [-0.05, 0) is 29.8 Å². The lowest BCUT2D eigenvalue weighted by Gasteiger charge is -2.02. The third-order valence-electron chi connectivity index (χ3n) is 2.04. The summed E-state index contributed by atoms with van der Waals surface area (Å²) in [4.78, 5) is 2.71. The predicted octanol–water partition coefficient (Wildman–Crippen LogP) is 4.95. The van der Waals surface area contributed by atoms with Crippen LogP contribution in [0.25, 0.3) is 11.3 Å². The second-order valence-corrected chi connectivity index (χ2v) is 4.83. The summed E-state index contributed by atoms with van der Waals surface area (Å²) in [7, 11) is 0. The van der Waals surface area contributed by atoms with Gasteiger partial charge in [0.2, 0.25) is 0 Å². The molecule has 0 unspecified atom stereocenters. The summed E-state index contributed by atoms with van der Waals surface area (Å²) in [5.74, 6) is 0. The summed E-state index contributed by atoms with van der Waals surface area (Å²) < 4.78 is 36.4. The molecule has 0 amide bonds. The minimum absolute atomic E-state index is 0.0717. The van der Waals surface area contributed by atoms with Crippen molar-refractivity contribution in [1.29, 1.82) is 0 Å². The molecule has 90 valence electrons. The monoisotopic (exact) mass is 277 g/mol. The summed E-state index contributed by atoms with van der Waals surface area (Å²) in [6, 6.07) is 9.88. The number of thioether (sulfide) groups is 1. The first-order chi connectivity index (χ1) is 7.94. The predicted molar refractivity (Wildman–Crippen MR) is 63.2 cm³/mol. The van der Waals surface area contributed by atoms with Crippen LogP contribution in [0.15, 0.2) is 41.4 Å². The molecule has 0 aliphatic rings. The minimum Gasteiger partial charge on any atom is -0.349 e. The Morgan fingerprint density at radius 3 is 2.24 bits per heavy atom. The van der Waals surface area contributed by atoms with Crippen molar-refractivity contribution in [1.82, 2.24) is 4.98 Å². The molecule has 0 aliphatic carbocycles. The highest BCUT2D eigenvalue weighted by atomic mass is 35.5. The lowest BCUT2D eigenvalue weighted by molar-refractivity contribution is -0.0329. The van der Waals surface area contributed by atoms with Crippen molar-refractivity contribution in [3.63, 3.8) is 0 Å². The van der Waals surface area contributed by atoms with E-state index < -0.39 is 5.51 Å². The van der Waals surface area contributed by atoms with Gasteiger partial charge in [0.1, 0.15) is 0 Å². The maximum atomic E-state index is 12.1. The van der Waals surface area contributed by atoms with E-state index in [9.17, 15) is 13.2 Å². The lowest BCUT2D eigenvalue weighted by atomic mass is 10.2. The quantitative estimate of drug-likeness (QED) is 0.768. The molecule has 0 aliphatic heterocycles. The third kappa shape index (κ3) is 3.44. The molecule has 1 heterocycles.